The Hall–Kier alpha value is -3.38. The molecule has 0 aliphatic carbocycles. The monoisotopic (exact) mass is 505 g/mol. The molecule has 2 aliphatic heterocycles. The van der Waals surface area contributed by atoms with E-state index in [0.29, 0.717) is 12.8 Å². The van der Waals surface area contributed by atoms with E-state index in [1.807, 2.05) is 0 Å². The molecular formula is C15H19N7O9S2. The van der Waals surface area contributed by atoms with Gasteiger partial charge in [0.1, 0.15) is 12.1 Å². The average Bonchev–Trinajstić information content (AvgIpc) is 3.37. The molecule has 33 heavy (non-hydrogen) atoms. The SMILES string of the molecule is C[C@H]1[C@H](NC(=O)/C(=N\OCC(=O)N2CCC[C@@H]2C(=O)O)c2nsc(N)n2)C(=O)N1S(=O)(=O)O. The van der Waals surface area contributed by atoms with Crippen LogP contribution in [-0.2, 0) is 34.3 Å². The molecular weight excluding hydrogens is 486 g/mol. The number of aliphatic carboxylic acids is 1. The fraction of sp³-hybridized carbons (Fsp3) is 0.533. The largest absolute Gasteiger partial charge is 0.480 e. The molecule has 0 radical (unpaired) electrons. The summed E-state index contributed by atoms with van der Waals surface area (Å²) in [6, 6.07) is -3.37. The third-order valence-electron chi connectivity index (χ3n) is 4.94. The summed E-state index contributed by atoms with van der Waals surface area (Å²) < 4.78 is 35.5. The lowest BCUT2D eigenvalue weighted by Crippen LogP contribution is -2.71. The second kappa shape index (κ2) is 9.24. The summed E-state index contributed by atoms with van der Waals surface area (Å²) in [6.45, 7) is 0.821. The zero-order valence-corrected chi connectivity index (χ0v) is 18.6. The fourth-order valence-electron chi connectivity index (χ4n) is 3.39. The molecule has 2 saturated heterocycles. The van der Waals surface area contributed by atoms with Crippen molar-refractivity contribution in [3.63, 3.8) is 0 Å². The molecule has 5 N–H and O–H groups in total. The second-order valence-electron chi connectivity index (χ2n) is 7.06. The number of anilines is 1. The molecule has 1 aromatic heterocycles. The molecule has 0 bridgehead atoms. The van der Waals surface area contributed by atoms with Gasteiger partial charge in [0, 0.05) is 18.1 Å². The van der Waals surface area contributed by atoms with E-state index < -0.39 is 64.4 Å². The molecule has 16 nitrogen and oxygen atoms in total. The number of carbonyl (C=O) groups excluding carboxylic acids is 3. The van der Waals surface area contributed by atoms with Crippen LogP contribution >= 0.6 is 11.5 Å². The van der Waals surface area contributed by atoms with Crippen LogP contribution in [0.4, 0.5) is 5.13 Å². The summed E-state index contributed by atoms with van der Waals surface area (Å²) in [6.07, 6.45) is 0.810. The van der Waals surface area contributed by atoms with Crippen molar-refractivity contribution in [3.05, 3.63) is 5.82 Å². The van der Waals surface area contributed by atoms with Crippen LogP contribution in [0.15, 0.2) is 5.16 Å². The van der Waals surface area contributed by atoms with Gasteiger partial charge in [-0.25, -0.2) is 9.10 Å². The van der Waals surface area contributed by atoms with Crippen molar-refractivity contribution in [3.8, 4) is 0 Å². The topological polar surface area (TPSA) is 235 Å². The summed E-state index contributed by atoms with van der Waals surface area (Å²) in [5.41, 5.74) is 4.96. The van der Waals surface area contributed by atoms with Crippen molar-refractivity contribution >= 4 is 56.4 Å². The lowest BCUT2D eigenvalue weighted by Gasteiger charge is -2.42. The van der Waals surface area contributed by atoms with Crippen molar-refractivity contribution in [1.29, 1.82) is 0 Å². The molecule has 0 spiro atoms. The Bertz CT molecular complexity index is 1120. The highest BCUT2D eigenvalue weighted by Crippen LogP contribution is 2.23. The van der Waals surface area contributed by atoms with Gasteiger partial charge in [-0.3, -0.25) is 18.9 Å². The minimum absolute atomic E-state index is 0.0198. The molecule has 0 aromatic carbocycles. The smallest absolute Gasteiger partial charge is 0.362 e. The van der Waals surface area contributed by atoms with E-state index >= 15 is 0 Å². The number of hydrogen-bond donors (Lipinski definition) is 4. The van der Waals surface area contributed by atoms with Crippen LogP contribution in [0.25, 0.3) is 0 Å². The van der Waals surface area contributed by atoms with Gasteiger partial charge < -0.3 is 25.9 Å². The van der Waals surface area contributed by atoms with Gasteiger partial charge in [-0.1, -0.05) is 5.16 Å². The molecule has 3 amide bonds. The maximum Gasteiger partial charge on any atom is 0.362 e. The van der Waals surface area contributed by atoms with E-state index in [9.17, 15) is 27.6 Å². The molecule has 18 heteroatoms. The number of hydrogen-bond acceptors (Lipinski definition) is 12. The van der Waals surface area contributed by atoms with Gasteiger partial charge in [0.05, 0.1) is 6.04 Å². The molecule has 0 saturated carbocycles. The Morgan fingerprint density at radius 2 is 2.09 bits per heavy atom. The van der Waals surface area contributed by atoms with Crippen LogP contribution in [0.2, 0.25) is 0 Å². The van der Waals surface area contributed by atoms with E-state index in [2.05, 4.69) is 19.8 Å². The van der Waals surface area contributed by atoms with Crippen LogP contribution < -0.4 is 11.1 Å². The van der Waals surface area contributed by atoms with Crippen LogP contribution in [0.3, 0.4) is 0 Å². The molecule has 3 rings (SSSR count). The number of nitrogen functional groups attached to an aromatic ring is 1. The Labute approximate surface area is 190 Å². The average molecular weight is 505 g/mol. The zero-order valence-electron chi connectivity index (χ0n) is 16.9. The lowest BCUT2D eigenvalue weighted by atomic mass is 10.0. The molecule has 2 aliphatic rings. The van der Waals surface area contributed by atoms with Crippen LogP contribution in [-0.4, -0.2) is 97.3 Å². The highest BCUT2D eigenvalue weighted by Gasteiger charge is 2.51. The number of β-lactam (4-membered cyclic amide) rings is 1. The third-order valence-corrected chi connectivity index (χ3v) is 6.49. The first-order valence-corrected chi connectivity index (χ1v) is 11.5. The highest BCUT2D eigenvalue weighted by molar-refractivity contribution is 7.84. The number of nitrogens with zero attached hydrogens (tertiary/aromatic N) is 5. The first kappa shape index (κ1) is 24.3. The maximum absolute atomic E-state index is 12.7. The summed E-state index contributed by atoms with van der Waals surface area (Å²) in [7, 11) is -4.79. The van der Waals surface area contributed by atoms with Gasteiger partial charge >= 0.3 is 16.3 Å². The first-order chi connectivity index (χ1) is 15.4. The molecule has 0 unspecified atom stereocenters. The molecule has 3 heterocycles. The predicted octanol–water partition coefficient (Wildman–Crippen LogP) is -2.57. The zero-order chi connectivity index (χ0) is 24.5. The molecule has 2 fully saturated rings. The minimum atomic E-state index is -4.79. The summed E-state index contributed by atoms with van der Waals surface area (Å²) in [4.78, 5) is 58.1. The quantitative estimate of drug-likeness (QED) is 0.123. The number of carboxylic acids is 1. The summed E-state index contributed by atoms with van der Waals surface area (Å²) >= 11 is 0.730. The first-order valence-electron chi connectivity index (χ1n) is 9.35. The Balaban J connectivity index is 1.71. The van der Waals surface area contributed by atoms with Crippen molar-refractivity contribution < 1.29 is 42.1 Å². The van der Waals surface area contributed by atoms with Gasteiger partial charge in [0.2, 0.25) is 11.5 Å². The maximum atomic E-state index is 12.7. The fourth-order valence-corrected chi connectivity index (χ4v) is 4.70. The van der Waals surface area contributed by atoms with Gasteiger partial charge in [-0.15, -0.1) is 0 Å². The summed E-state index contributed by atoms with van der Waals surface area (Å²) in [5, 5.41) is 14.9. The van der Waals surface area contributed by atoms with Gasteiger partial charge in [-0.2, -0.15) is 17.8 Å². The number of oxime groups is 1. The third kappa shape index (κ3) is 5.01. The molecule has 180 valence electrons. The summed E-state index contributed by atoms with van der Waals surface area (Å²) in [5.74, 6) is -4.21. The second-order valence-corrected chi connectivity index (χ2v) is 9.13. The molecule has 3 atom stereocenters. The van der Waals surface area contributed by atoms with E-state index in [1.165, 1.54) is 6.92 Å². The highest BCUT2D eigenvalue weighted by atomic mass is 32.2. The predicted molar refractivity (Wildman–Crippen MR) is 109 cm³/mol. The minimum Gasteiger partial charge on any atom is -0.480 e. The number of likely N-dealkylation sites (tertiary alicyclic amines) is 1. The standard InChI is InChI=1S/C15H19N7O9S2/c1-6-9(13(25)22(6)33(28,29)30)17-12(24)10(11-18-15(16)32-20-11)19-31-5-8(23)21-4-2-3-7(21)14(26)27/h6-7,9H,2-5H2,1H3,(H,17,24)(H,26,27)(H2,16,18,20)(H,28,29,30)/b19-10-/t6-,7+,9-/m0/s1. The van der Waals surface area contributed by atoms with Gasteiger partial charge in [-0.05, 0) is 19.8 Å². The van der Waals surface area contributed by atoms with E-state index in [0.717, 1.165) is 16.4 Å². The van der Waals surface area contributed by atoms with Crippen LogP contribution in [0, 0.1) is 0 Å². The van der Waals surface area contributed by atoms with Crippen molar-refractivity contribution in [2.75, 3.05) is 18.9 Å². The Kier molecular flexibility index (Phi) is 6.79. The van der Waals surface area contributed by atoms with Gasteiger partial charge in [0.15, 0.2) is 11.7 Å². The van der Waals surface area contributed by atoms with Gasteiger partial charge in [0.25, 0.3) is 17.7 Å². The lowest BCUT2D eigenvalue weighted by molar-refractivity contribution is -0.150. The van der Waals surface area contributed by atoms with Crippen molar-refractivity contribution in [2.24, 2.45) is 5.16 Å². The van der Waals surface area contributed by atoms with Crippen LogP contribution in [0.5, 0.6) is 0 Å². The van der Waals surface area contributed by atoms with Crippen LogP contribution in [0.1, 0.15) is 25.6 Å². The number of nitrogens with one attached hydrogen (secondary N) is 1. The number of carbonyl (C=O) groups is 4. The number of nitrogens with two attached hydrogens (primary N) is 1. The Morgan fingerprint density at radius 1 is 1.39 bits per heavy atom. The van der Waals surface area contributed by atoms with Crippen molar-refractivity contribution in [1.82, 2.24) is 23.9 Å². The number of rotatable bonds is 8. The number of amides is 3. The molecule has 1 aromatic rings. The van der Waals surface area contributed by atoms with E-state index in [-0.39, 0.29) is 21.8 Å². The van der Waals surface area contributed by atoms with Crippen molar-refractivity contribution in [2.45, 2.75) is 37.9 Å². The Morgan fingerprint density at radius 3 is 2.64 bits per heavy atom. The van der Waals surface area contributed by atoms with E-state index in [1.54, 1.807) is 0 Å². The normalized spacial score (nSPS) is 23.3. The van der Waals surface area contributed by atoms with E-state index in [4.69, 9.17) is 20.2 Å². The number of aromatic nitrogens is 2. The number of carboxylic acid groups (broad SMARTS) is 1.